The molecule has 0 bridgehead atoms. The van der Waals surface area contributed by atoms with Crippen LogP contribution < -0.4 is 0 Å². The van der Waals surface area contributed by atoms with Crippen molar-refractivity contribution in [2.45, 2.75) is 413 Å². The van der Waals surface area contributed by atoms with Gasteiger partial charge >= 0.3 is 39.5 Å². The van der Waals surface area contributed by atoms with Crippen LogP contribution in [0.3, 0.4) is 0 Å². The van der Waals surface area contributed by atoms with Gasteiger partial charge in [0.05, 0.1) is 26.4 Å². The van der Waals surface area contributed by atoms with E-state index in [0.29, 0.717) is 25.7 Å². The lowest BCUT2D eigenvalue weighted by Gasteiger charge is -2.21. The minimum atomic E-state index is -4.96. The highest BCUT2D eigenvalue weighted by Gasteiger charge is 2.30. The van der Waals surface area contributed by atoms with E-state index < -0.39 is 97.5 Å². The standard InChI is InChI=1S/C76H148O17P2/c1-7-10-12-14-16-18-20-22-23-24-25-27-36-42-48-54-60-75(80)92-71(65-87-74(79)59-53-47-41-35-31-29-33-39-45-51-57-69(6)9-3)66-90-94(82,83)88-62-70(77)63-89-95(84,85)91-67-72(64-86-73(78)58-52-46-40-34-26-21-19-17-15-13-11-8-2)93-76(81)61-55-49-43-37-30-28-32-38-44-50-56-68(4)5/h68-72,77H,7-67H2,1-6H3,(H,82,83)(H,84,85)/t69?,70-,71-,72-/m1/s1. The van der Waals surface area contributed by atoms with Crippen molar-refractivity contribution in [2.75, 3.05) is 39.6 Å². The number of rotatable bonds is 75. The fraction of sp³-hybridized carbons (Fsp3) is 0.947. The van der Waals surface area contributed by atoms with Crippen LogP contribution in [0.25, 0.3) is 0 Å². The minimum Gasteiger partial charge on any atom is -0.462 e. The van der Waals surface area contributed by atoms with Crippen LogP contribution >= 0.6 is 15.6 Å². The molecule has 0 aliphatic carbocycles. The quantitative estimate of drug-likeness (QED) is 0.0222. The lowest BCUT2D eigenvalue weighted by molar-refractivity contribution is -0.161. The van der Waals surface area contributed by atoms with E-state index in [-0.39, 0.29) is 25.7 Å². The van der Waals surface area contributed by atoms with E-state index in [4.69, 9.17) is 37.0 Å². The van der Waals surface area contributed by atoms with Crippen LogP contribution in [0, 0.1) is 11.8 Å². The van der Waals surface area contributed by atoms with E-state index in [2.05, 4.69) is 41.5 Å². The number of phosphoric ester groups is 2. The van der Waals surface area contributed by atoms with Crippen molar-refractivity contribution in [3.05, 3.63) is 0 Å². The molecule has 0 aromatic rings. The molecule has 0 heterocycles. The third kappa shape index (κ3) is 69.0. The van der Waals surface area contributed by atoms with Gasteiger partial charge in [0.25, 0.3) is 0 Å². The monoisotopic (exact) mass is 1400 g/mol. The number of ether oxygens (including phenoxy) is 4. The number of hydrogen-bond donors (Lipinski definition) is 3. The largest absolute Gasteiger partial charge is 0.472 e. The molecule has 6 atom stereocenters. The molecule has 17 nitrogen and oxygen atoms in total. The van der Waals surface area contributed by atoms with Crippen LogP contribution in [0.2, 0.25) is 0 Å². The molecule has 0 rings (SSSR count). The van der Waals surface area contributed by atoms with Crippen molar-refractivity contribution in [2.24, 2.45) is 11.8 Å². The Kier molecular flexibility index (Phi) is 66.5. The number of aliphatic hydroxyl groups is 1. The van der Waals surface area contributed by atoms with Gasteiger partial charge in [0.1, 0.15) is 19.3 Å². The highest BCUT2D eigenvalue weighted by Crippen LogP contribution is 2.45. The molecule has 564 valence electrons. The number of phosphoric acid groups is 2. The van der Waals surface area contributed by atoms with Crippen LogP contribution in [0.4, 0.5) is 0 Å². The van der Waals surface area contributed by atoms with E-state index in [1.807, 2.05) is 0 Å². The predicted octanol–water partition coefficient (Wildman–Crippen LogP) is 22.3. The van der Waals surface area contributed by atoms with Gasteiger partial charge < -0.3 is 33.8 Å². The number of carbonyl (C=O) groups is 4. The molecule has 95 heavy (non-hydrogen) atoms. The Hall–Kier alpha value is -1.94. The Morgan fingerprint density at radius 2 is 0.537 bits per heavy atom. The SMILES string of the molecule is CCCCCCCCCCCCCCCCCCC(=O)O[C@H](COC(=O)CCCCCCCCCCCCC(C)CC)COP(=O)(O)OC[C@@H](O)COP(=O)(O)OC[C@@H](COC(=O)CCCCCCCCCCCCCC)OC(=O)CCCCCCCCCCCCC(C)C. The summed E-state index contributed by atoms with van der Waals surface area (Å²) in [5.74, 6) is -0.551. The maximum atomic E-state index is 13.1. The molecule has 3 unspecified atom stereocenters. The maximum Gasteiger partial charge on any atom is 0.472 e. The lowest BCUT2D eigenvalue weighted by atomic mass is 9.99. The smallest absolute Gasteiger partial charge is 0.462 e. The average Bonchev–Trinajstić information content (AvgIpc) is 1.90. The molecule has 0 amide bonds. The zero-order chi connectivity index (χ0) is 70.0. The molecule has 0 aliphatic heterocycles. The van der Waals surface area contributed by atoms with Crippen LogP contribution in [-0.2, 0) is 65.4 Å². The van der Waals surface area contributed by atoms with E-state index in [1.54, 1.807) is 0 Å². The Morgan fingerprint density at radius 1 is 0.305 bits per heavy atom. The van der Waals surface area contributed by atoms with Gasteiger partial charge in [0, 0.05) is 25.7 Å². The van der Waals surface area contributed by atoms with Crippen molar-refractivity contribution in [1.29, 1.82) is 0 Å². The Bertz CT molecular complexity index is 1840. The van der Waals surface area contributed by atoms with E-state index in [9.17, 15) is 43.2 Å². The summed E-state index contributed by atoms with van der Waals surface area (Å²) in [6, 6.07) is 0. The molecule has 0 aliphatic rings. The molecule has 0 saturated carbocycles. The zero-order valence-electron chi connectivity index (χ0n) is 62.0. The molecule has 19 heteroatoms. The summed E-state index contributed by atoms with van der Waals surface area (Å²) in [5, 5.41) is 10.6. The Balaban J connectivity index is 5.27. The van der Waals surface area contributed by atoms with Gasteiger partial charge in [-0.1, -0.05) is 343 Å². The predicted molar refractivity (Wildman–Crippen MR) is 386 cm³/mol. The van der Waals surface area contributed by atoms with E-state index >= 15 is 0 Å². The van der Waals surface area contributed by atoms with Gasteiger partial charge in [-0.3, -0.25) is 37.3 Å². The van der Waals surface area contributed by atoms with E-state index in [1.165, 1.54) is 212 Å². The number of unbranched alkanes of at least 4 members (excludes halogenated alkanes) is 44. The second-order valence-electron chi connectivity index (χ2n) is 28.1. The summed E-state index contributed by atoms with van der Waals surface area (Å²) in [7, 11) is -9.91. The first kappa shape index (κ1) is 93.1. The molecule has 0 aromatic heterocycles. The summed E-state index contributed by atoms with van der Waals surface area (Å²) in [6.07, 6.45) is 55.2. The van der Waals surface area contributed by atoms with Crippen molar-refractivity contribution >= 4 is 39.5 Å². The fourth-order valence-corrected chi connectivity index (χ4v) is 13.2. The van der Waals surface area contributed by atoms with Gasteiger partial charge in [-0.25, -0.2) is 9.13 Å². The van der Waals surface area contributed by atoms with Crippen molar-refractivity contribution < 1.29 is 80.2 Å². The Labute approximate surface area is 581 Å². The average molecular weight is 1400 g/mol. The summed E-state index contributed by atoms with van der Waals surface area (Å²) in [6.45, 7) is 9.62. The third-order valence-electron chi connectivity index (χ3n) is 18.1. The molecular weight excluding hydrogens is 1250 g/mol. The molecule has 0 saturated heterocycles. The first-order valence-corrected chi connectivity index (χ1v) is 42.5. The molecule has 0 radical (unpaired) electrons. The number of esters is 4. The van der Waals surface area contributed by atoms with Crippen LogP contribution in [-0.4, -0.2) is 96.7 Å². The lowest BCUT2D eigenvalue weighted by Crippen LogP contribution is -2.30. The minimum absolute atomic E-state index is 0.106. The van der Waals surface area contributed by atoms with E-state index in [0.717, 1.165) is 102 Å². The highest BCUT2D eigenvalue weighted by atomic mass is 31.2. The van der Waals surface area contributed by atoms with Gasteiger partial charge in [0.15, 0.2) is 12.2 Å². The molecule has 0 aromatic carbocycles. The molecule has 0 spiro atoms. The third-order valence-corrected chi connectivity index (χ3v) is 20.0. The summed E-state index contributed by atoms with van der Waals surface area (Å²) in [4.78, 5) is 72.9. The second-order valence-corrected chi connectivity index (χ2v) is 31.0. The molecular formula is C76H148O17P2. The summed E-state index contributed by atoms with van der Waals surface area (Å²) in [5.41, 5.74) is 0. The zero-order valence-corrected chi connectivity index (χ0v) is 63.8. The van der Waals surface area contributed by atoms with Crippen molar-refractivity contribution in [3.8, 4) is 0 Å². The van der Waals surface area contributed by atoms with Crippen LogP contribution in [0.1, 0.15) is 395 Å². The van der Waals surface area contributed by atoms with Gasteiger partial charge in [0.2, 0.25) is 0 Å². The van der Waals surface area contributed by atoms with Gasteiger partial charge in [-0.15, -0.1) is 0 Å². The summed E-state index contributed by atoms with van der Waals surface area (Å²) < 4.78 is 68.6. The number of hydrogen-bond acceptors (Lipinski definition) is 15. The number of carbonyl (C=O) groups excluding carboxylic acids is 4. The first-order chi connectivity index (χ1) is 45.9. The van der Waals surface area contributed by atoms with Crippen molar-refractivity contribution in [3.63, 3.8) is 0 Å². The first-order valence-electron chi connectivity index (χ1n) is 39.5. The number of aliphatic hydroxyl groups excluding tert-OH is 1. The fourth-order valence-electron chi connectivity index (χ4n) is 11.6. The van der Waals surface area contributed by atoms with Crippen LogP contribution in [0.5, 0.6) is 0 Å². The topological polar surface area (TPSA) is 237 Å². The van der Waals surface area contributed by atoms with Crippen molar-refractivity contribution in [1.82, 2.24) is 0 Å². The van der Waals surface area contributed by atoms with Gasteiger partial charge in [-0.05, 0) is 37.5 Å². The second kappa shape index (κ2) is 67.9. The summed E-state index contributed by atoms with van der Waals surface area (Å²) >= 11 is 0. The van der Waals surface area contributed by atoms with Crippen LogP contribution in [0.15, 0.2) is 0 Å². The van der Waals surface area contributed by atoms with Gasteiger partial charge in [-0.2, -0.15) is 0 Å². The molecule has 3 N–H and O–H groups in total. The normalized spacial score (nSPS) is 14.3. The highest BCUT2D eigenvalue weighted by molar-refractivity contribution is 7.47. The Morgan fingerprint density at radius 3 is 0.800 bits per heavy atom. The maximum absolute atomic E-state index is 13.1. The molecule has 0 fully saturated rings.